The molecule has 1 aliphatic heterocycles. The van der Waals surface area contributed by atoms with E-state index in [2.05, 4.69) is 10.6 Å². The average molecular weight is 256 g/mol. The van der Waals surface area contributed by atoms with Crippen LogP contribution in [0.2, 0.25) is 0 Å². The molecule has 2 fully saturated rings. The zero-order valence-electron chi connectivity index (χ0n) is 11.1. The molecule has 5 nitrogen and oxygen atoms in total. The quantitative estimate of drug-likeness (QED) is 0.709. The number of nitrogens with one attached hydrogen (secondary N) is 2. The number of ether oxygens (including phenoxy) is 1. The third kappa shape index (κ3) is 3.36. The second-order valence-corrected chi connectivity index (χ2v) is 5.63. The van der Waals surface area contributed by atoms with Gasteiger partial charge in [-0.15, -0.1) is 0 Å². The largest absolute Gasteiger partial charge is 0.394 e. The molecule has 0 radical (unpaired) electrons. The number of carbonyl (C=O) groups is 1. The van der Waals surface area contributed by atoms with Gasteiger partial charge in [-0.25, -0.2) is 4.79 Å². The minimum Gasteiger partial charge on any atom is -0.394 e. The fraction of sp³-hybridized carbons (Fsp3) is 0.923. The molecule has 2 aliphatic rings. The van der Waals surface area contributed by atoms with Crippen molar-refractivity contribution in [2.24, 2.45) is 0 Å². The lowest BCUT2D eigenvalue weighted by atomic mass is 9.89. The first kappa shape index (κ1) is 13.6. The van der Waals surface area contributed by atoms with Gasteiger partial charge < -0.3 is 20.5 Å². The number of rotatable bonds is 3. The fourth-order valence-electron chi connectivity index (χ4n) is 3.02. The van der Waals surface area contributed by atoms with E-state index < -0.39 is 0 Å². The third-order valence-corrected chi connectivity index (χ3v) is 3.99. The van der Waals surface area contributed by atoms with Crippen molar-refractivity contribution in [1.82, 2.24) is 10.6 Å². The van der Waals surface area contributed by atoms with Gasteiger partial charge >= 0.3 is 6.03 Å². The number of aliphatic hydroxyl groups excluding tert-OH is 1. The first-order valence-corrected chi connectivity index (χ1v) is 6.95. The molecule has 2 unspecified atom stereocenters. The number of hydrogen-bond acceptors (Lipinski definition) is 3. The van der Waals surface area contributed by atoms with Crippen molar-refractivity contribution in [3.63, 3.8) is 0 Å². The zero-order chi connectivity index (χ0) is 13.0. The highest BCUT2D eigenvalue weighted by molar-refractivity contribution is 5.74. The predicted octanol–water partition coefficient (Wildman–Crippen LogP) is 1.16. The Morgan fingerprint density at radius 2 is 2.22 bits per heavy atom. The lowest BCUT2D eigenvalue weighted by Gasteiger charge is -2.38. The Kier molecular flexibility index (Phi) is 4.45. The van der Waals surface area contributed by atoms with E-state index in [4.69, 9.17) is 9.84 Å². The summed E-state index contributed by atoms with van der Waals surface area (Å²) in [6, 6.07) is -0.190. The molecule has 1 heterocycles. The molecule has 0 aromatic rings. The van der Waals surface area contributed by atoms with Crippen molar-refractivity contribution < 1.29 is 14.6 Å². The smallest absolute Gasteiger partial charge is 0.315 e. The summed E-state index contributed by atoms with van der Waals surface area (Å²) in [5.41, 5.74) is 0.0266. The molecule has 18 heavy (non-hydrogen) atoms. The summed E-state index contributed by atoms with van der Waals surface area (Å²) in [5, 5.41) is 14.6. The highest BCUT2D eigenvalue weighted by Crippen LogP contribution is 2.39. The molecule has 5 heteroatoms. The van der Waals surface area contributed by atoms with Crippen LogP contribution in [0.4, 0.5) is 4.79 Å². The van der Waals surface area contributed by atoms with Gasteiger partial charge in [0.15, 0.2) is 0 Å². The second-order valence-electron chi connectivity index (χ2n) is 5.63. The Labute approximate surface area is 108 Å². The normalized spacial score (nSPS) is 28.0. The molecule has 3 N–H and O–H groups in total. The molecule has 1 aliphatic carbocycles. The highest BCUT2D eigenvalue weighted by atomic mass is 16.5. The Hall–Kier alpha value is -0.810. The zero-order valence-corrected chi connectivity index (χ0v) is 11.1. The summed E-state index contributed by atoms with van der Waals surface area (Å²) >= 11 is 0. The molecule has 2 rings (SSSR count). The lowest BCUT2D eigenvalue weighted by molar-refractivity contribution is -0.0820. The monoisotopic (exact) mass is 256 g/mol. The molecule has 0 aromatic heterocycles. The van der Waals surface area contributed by atoms with Crippen molar-refractivity contribution in [3.05, 3.63) is 0 Å². The van der Waals surface area contributed by atoms with Gasteiger partial charge in [-0.05, 0) is 32.6 Å². The van der Waals surface area contributed by atoms with E-state index >= 15 is 0 Å². The van der Waals surface area contributed by atoms with Crippen LogP contribution in [0.25, 0.3) is 0 Å². The molecule has 1 spiro atoms. The van der Waals surface area contributed by atoms with E-state index in [9.17, 15) is 4.79 Å². The second kappa shape index (κ2) is 5.89. The maximum absolute atomic E-state index is 11.7. The van der Waals surface area contributed by atoms with Crippen molar-refractivity contribution in [2.75, 3.05) is 13.2 Å². The van der Waals surface area contributed by atoms with Gasteiger partial charge in [-0.1, -0.05) is 12.8 Å². The predicted molar refractivity (Wildman–Crippen MR) is 68.4 cm³/mol. The highest BCUT2D eigenvalue weighted by Gasteiger charge is 2.40. The van der Waals surface area contributed by atoms with Crippen molar-refractivity contribution in [2.45, 2.75) is 63.1 Å². The molecule has 104 valence electrons. The maximum atomic E-state index is 11.7. The number of hydrogen-bond donors (Lipinski definition) is 3. The Morgan fingerprint density at radius 3 is 2.89 bits per heavy atom. The van der Waals surface area contributed by atoms with Crippen LogP contribution in [0.5, 0.6) is 0 Å². The molecule has 0 aromatic carbocycles. The maximum Gasteiger partial charge on any atom is 0.315 e. The van der Waals surface area contributed by atoms with Gasteiger partial charge in [0.25, 0.3) is 0 Å². The summed E-state index contributed by atoms with van der Waals surface area (Å²) in [7, 11) is 0. The van der Waals surface area contributed by atoms with E-state index in [0.29, 0.717) is 0 Å². The molecule has 2 atom stereocenters. The lowest BCUT2D eigenvalue weighted by Crippen LogP contribution is -2.51. The summed E-state index contributed by atoms with van der Waals surface area (Å²) in [6.07, 6.45) is 6.53. The number of amides is 2. The van der Waals surface area contributed by atoms with Crippen LogP contribution in [0, 0.1) is 0 Å². The van der Waals surface area contributed by atoms with E-state index in [1.165, 1.54) is 12.8 Å². The van der Waals surface area contributed by atoms with Crippen LogP contribution in [-0.4, -0.2) is 42.0 Å². The van der Waals surface area contributed by atoms with E-state index in [-0.39, 0.29) is 30.3 Å². The van der Waals surface area contributed by atoms with Gasteiger partial charge in [-0.3, -0.25) is 0 Å². The molecule has 2 amide bonds. The minimum atomic E-state index is -0.203. The average Bonchev–Trinajstić information content (AvgIpc) is 2.77. The summed E-state index contributed by atoms with van der Waals surface area (Å²) in [6.45, 7) is 2.48. The van der Waals surface area contributed by atoms with Gasteiger partial charge in [0, 0.05) is 12.6 Å². The van der Waals surface area contributed by atoms with Crippen LogP contribution in [-0.2, 0) is 4.74 Å². The summed E-state index contributed by atoms with van der Waals surface area (Å²) < 4.78 is 5.93. The van der Waals surface area contributed by atoms with Crippen molar-refractivity contribution in [3.8, 4) is 0 Å². The van der Waals surface area contributed by atoms with Crippen LogP contribution < -0.4 is 10.6 Å². The van der Waals surface area contributed by atoms with Crippen LogP contribution in [0.1, 0.15) is 45.4 Å². The fourth-order valence-corrected chi connectivity index (χ4v) is 3.02. The molecule has 1 saturated carbocycles. The minimum absolute atomic E-state index is 0.0266. The number of carbonyl (C=O) groups excluding carboxylic acids is 1. The Morgan fingerprint density at radius 1 is 1.50 bits per heavy atom. The summed E-state index contributed by atoms with van der Waals surface area (Å²) in [4.78, 5) is 11.7. The van der Waals surface area contributed by atoms with E-state index in [1.54, 1.807) is 6.92 Å². The van der Waals surface area contributed by atoms with Gasteiger partial charge in [0.2, 0.25) is 0 Å². The molecular weight excluding hydrogens is 232 g/mol. The summed E-state index contributed by atoms with van der Waals surface area (Å²) in [5.74, 6) is 0. The van der Waals surface area contributed by atoms with Gasteiger partial charge in [0.05, 0.1) is 18.2 Å². The SMILES string of the molecule is CC(CO)NC(=O)NC1CCOC2(CCCC2)C1. The number of aliphatic hydroxyl groups is 1. The third-order valence-electron chi connectivity index (χ3n) is 3.99. The Bertz CT molecular complexity index is 290. The molecule has 1 saturated heterocycles. The Balaban J connectivity index is 1.80. The van der Waals surface area contributed by atoms with Crippen LogP contribution in [0.15, 0.2) is 0 Å². The molecule has 0 bridgehead atoms. The standard InChI is InChI=1S/C13H24N2O3/c1-10(9-16)14-12(17)15-11-4-7-18-13(8-11)5-2-3-6-13/h10-11,16H,2-9H2,1H3,(H2,14,15,17). The first-order valence-electron chi connectivity index (χ1n) is 6.95. The van der Waals surface area contributed by atoms with Crippen molar-refractivity contribution >= 4 is 6.03 Å². The number of urea groups is 1. The van der Waals surface area contributed by atoms with Gasteiger partial charge in [-0.2, -0.15) is 0 Å². The van der Waals surface area contributed by atoms with E-state index in [0.717, 1.165) is 32.3 Å². The molecular formula is C13H24N2O3. The van der Waals surface area contributed by atoms with Crippen LogP contribution >= 0.6 is 0 Å². The van der Waals surface area contributed by atoms with E-state index in [1.807, 2.05) is 0 Å². The first-order chi connectivity index (χ1) is 8.63. The van der Waals surface area contributed by atoms with Crippen LogP contribution in [0.3, 0.4) is 0 Å². The van der Waals surface area contributed by atoms with Gasteiger partial charge in [0.1, 0.15) is 0 Å². The van der Waals surface area contributed by atoms with Crippen molar-refractivity contribution in [1.29, 1.82) is 0 Å². The topological polar surface area (TPSA) is 70.6 Å².